The Morgan fingerprint density at radius 3 is 3.00 bits per heavy atom. The van der Waals surface area contributed by atoms with Crippen molar-refractivity contribution in [3.63, 3.8) is 0 Å². The lowest BCUT2D eigenvalue weighted by atomic mass is 9.75. The number of amides is 1. The minimum absolute atomic E-state index is 0.00273. The van der Waals surface area contributed by atoms with E-state index in [4.69, 9.17) is 0 Å². The van der Waals surface area contributed by atoms with Crippen molar-refractivity contribution < 1.29 is 4.79 Å². The van der Waals surface area contributed by atoms with Crippen LogP contribution in [0.5, 0.6) is 0 Å². The standard InChI is InChI=1S/C16H21N3O/c1-10-8-12-15(17-9-10)19-13-5-3-2-4-11(13)6-7-14(19)16(20)18-12/h8-9,11,13-14H,2-7H2,1H3,(H,18,20). The van der Waals surface area contributed by atoms with Gasteiger partial charge in [0.15, 0.2) is 5.82 Å². The van der Waals surface area contributed by atoms with Crippen LogP contribution in [0.3, 0.4) is 0 Å². The number of carbonyl (C=O) groups is 1. The van der Waals surface area contributed by atoms with E-state index in [2.05, 4.69) is 15.2 Å². The summed E-state index contributed by atoms with van der Waals surface area (Å²) in [6.07, 6.45) is 9.25. The molecule has 2 fully saturated rings. The predicted octanol–water partition coefficient (Wildman–Crippen LogP) is 2.87. The molecule has 3 heterocycles. The Labute approximate surface area is 119 Å². The van der Waals surface area contributed by atoms with Gasteiger partial charge in [-0.1, -0.05) is 12.8 Å². The highest BCUT2D eigenvalue weighted by Crippen LogP contribution is 2.44. The van der Waals surface area contributed by atoms with Gasteiger partial charge < -0.3 is 10.2 Å². The molecular weight excluding hydrogens is 250 g/mol. The predicted molar refractivity (Wildman–Crippen MR) is 78.9 cm³/mol. The molecule has 106 valence electrons. The number of pyridine rings is 1. The SMILES string of the molecule is Cc1cnc2c(c1)NC(=O)C1CCC3CCCCC3N21. The van der Waals surface area contributed by atoms with Gasteiger partial charge in [-0.05, 0) is 50.2 Å². The largest absolute Gasteiger partial charge is 0.340 e. The van der Waals surface area contributed by atoms with Crippen LogP contribution in [0, 0.1) is 12.8 Å². The van der Waals surface area contributed by atoms with Gasteiger partial charge >= 0.3 is 0 Å². The molecule has 1 N–H and O–H groups in total. The highest BCUT2D eigenvalue weighted by atomic mass is 16.2. The Morgan fingerprint density at radius 1 is 1.25 bits per heavy atom. The van der Waals surface area contributed by atoms with Crippen LogP contribution in [0.15, 0.2) is 12.3 Å². The summed E-state index contributed by atoms with van der Waals surface area (Å²) in [7, 11) is 0. The van der Waals surface area contributed by atoms with Crippen molar-refractivity contribution in [1.29, 1.82) is 0 Å². The first kappa shape index (κ1) is 12.2. The molecule has 1 amide bonds. The Balaban J connectivity index is 1.79. The smallest absolute Gasteiger partial charge is 0.247 e. The molecule has 3 unspecified atom stereocenters. The Kier molecular flexibility index (Phi) is 2.72. The zero-order valence-electron chi connectivity index (χ0n) is 11.9. The van der Waals surface area contributed by atoms with Crippen LogP contribution >= 0.6 is 0 Å². The fourth-order valence-electron chi connectivity index (χ4n) is 4.27. The van der Waals surface area contributed by atoms with Crippen molar-refractivity contribution in [1.82, 2.24) is 4.98 Å². The average molecular weight is 271 g/mol. The van der Waals surface area contributed by atoms with Crippen molar-refractivity contribution in [2.45, 2.75) is 57.5 Å². The van der Waals surface area contributed by atoms with Crippen molar-refractivity contribution in [3.8, 4) is 0 Å². The summed E-state index contributed by atoms with van der Waals surface area (Å²) in [6, 6.07) is 2.56. The lowest BCUT2D eigenvalue weighted by Crippen LogP contribution is -2.59. The minimum Gasteiger partial charge on any atom is -0.340 e. The maximum Gasteiger partial charge on any atom is 0.247 e. The highest BCUT2D eigenvalue weighted by molar-refractivity contribution is 6.03. The number of nitrogens with zero attached hydrogens (tertiary/aromatic N) is 2. The van der Waals surface area contributed by atoms with E-state index in [1.54, 1.807) is 0 Å². The van der Waals surface area contributed by atoms with Gasteiger partial charge in [0, 0.05) is 12.2 Å². The summed E-state index contributed by atoms with van der Waals surface area (Å²) in [6.45, 7) is 2.02. The number of carbonyl (C=O) groups excluding carboxylic acids is 1. The van der Waals surface area contributed by atoms with Crippen LogP contribution in [-0.4, -0.2) is 23.0 Å². The third-order valence-corrected chi connectivity index (χ3v) is 5.18. The molecule has 0 aromatic carbocycles. The minimum atomic E-state index is -0.00273. The summed E-state index contributed by atoms with van der Waals surface area (Å²) in [5, 5.41) is 3.05. The fraction of sp³-hybridized carbons (Fsp3) is 0.625. The number of fused-ring (bicyclic) bond motifs is 5. The molecule has 3 atom stereocenters. The van der Waals surface area contributed by atoms with Gasteiger partial charge in [-0.2, -0.15) is 0 Å². The van der Waals surface area contributed by atoms with E-state index < -0.39 is 0 Å². The van der Waals surface area contributed by atoms with E-state index in [0.717, 1.165) is 29.4 Å². The lowest BCUT2D eigenvalue weighted by Gasteiger charge is -2.50. The Morgan fingerprint density at radius 2 is 2.10 bits per heavy atom. The first-order chi connectivity index (χ1) is 9.74. The molecule has 2 aliphatic heterocycles. The first-order valence-electron chi connectivity index (χ1n) is 7.80. The average Bonchev–Trinajstić information content (AvgIpc) is 2.46. The zero-order valence-corrected chi connectivity index (χ0v) is 11.9. The molecule has 1 aliphatic carbocycles. The van der Waals surface area contributed by atoms with Crippen LogP contribution in [0.2, 0.25) is 0 Å². The number of nitrogens with one attached hydrogen (secondary N) is 1. The molecule has 1 aromatic rings. The molecular formula is C16H21N3O. The maximum absolute atomic E-state index is 12.4. The van der Waals surface area contributed by atoms with Gasteiger partial charge in [0.2, 0.25) is 5.91 Å². The Hall–Kier alpha value is -1.58. The maximum atomic E-state index is 12.4. The number of aromatic nitrogens is 1. The molecule has 4 rings (SSSR count). The van der Waals surface area contributed by atoms with Crippen LogP contribution < -0.4 is 10.2 Å². The summed E-state index contributed by atoms with van der Waals surface area (Å²) in [4.78, 5) is 19.4. The van der Waals surface area contributed by atoms with Gasteiger partial charge in [-0.15, -0.1) is 0 Å². The second kappa shape index (κ2) is 4.47. The van der Waals surface area contributed by atoms with E-state index in [9.17, 15) is 4.79 Å². The molecule has 0 spiro atoms. The third-order valence-electron chi connectivity index (χ3n) is 5.18. The summed E-state index contributed by atoms with van der Waals surface area (Å²) in [5.74, 6) is 1.91. The van der Waals surface area contributed by atoms with E-state index in [-0.39, 0.29) is 11.9 Å². The number of hydrogen-bond donors (Lipinski definition) is 1. The van der Waals surface area contributed by atoms with E-state index in [1.807, 2.05) is 19.2 Å². The third kappa shape index (κ3) is 1.74. The van der Waals surface area contributed by atoms with E-state index in [1.165, 1.54) is 32.1 Å². The number of aryl methyl sites for hydroxylation is 1. The summed E-state index contributed by atoms with van der Waals surface area (Å²) >= 11 is 0. The fourth-order valence-corrected chi connectivity index (χ4v) is 4.27. The van der Waals surface area contributed by atoms with Crippen LogP contribution in [0.25, 0.3) is 0 Å². The molecule has 3 aliphatic rings. The van der Waals surface area contributed by atoms with Crippen LogP contribution in [-0.2, 0) is 4.79 Å². The monoisotopic (exact) mass is 271 g/mol. The van der Waals surface area contributed by atoms with Gasteiger partial charge in [-0.3, -0.25) is 4.79 Å². The second-order valence-corrected chi connectivity index (χ2v) is 6.49. The van der Waals surface area contributed by atoms with Crippen molar-refractivity contribution >= 4 is 17.4 Å². The quantitative estimate of drug-likeness (QED) is 0.789. The van der Waals surface area contributed by atoms with E-state index in [0.29, 0.717) is 6.04 Å². The molecule has 0 bridgehead atoms. The summed E-state index contributed by atoms with van der Waals surface area (Å²) < 4.78 is 0. The van der Waals surface area contributed by atoms with Gasteiger partial charge in [0.25, 0.3) is 0 Å². The highest BCUT2D eigenvalue weighted by Gasteiger charge is 2.45. The normalized spacial score (nSPS) is 31.9. The summed E-state index contributed by atoms with van der Waals surface area (Å²) in [5.41, 5.74) is 2.00. The molecule has 4 nitrogen and oxygen atoms in total. The van der Waals surface area contributed by atoms with Gasteiger partial charge in [0.05, 0.1) is 5.69 Å². The van der Waals surface area contributed by atoms with Crippen LogP contribution in [0.1, 0.15) is 44.1 Å². The number of anilines is 2. The molecule has 1 saturated carbocycles. The van der Waals surface area contributed by atoms with Gasteiger partial charge in [0.1, 0.15) is 6.04 Å². The topological polar surface area (TPSA) is 45.2 Å². The van der Waals surface area contributed by atoms with Gasteiger partial charge in [-0.25, -0.2) is 4.98 Å². The molecule has 0 radical (unpaired) electrons. The second-order valence-electron chi connectivity index (χ2n) is 6.49. The van der Waals surface area contributed by atoms with Crippen LogP contribution in [0.4, 0.5) is 11.5 Å². The Bertz CT molecular complexity index is 557. The van der Waals surface area contributed by atoms with Crippen molar-refractivity contribution in [2.75, 3.05) is 10.2 Å². The molecule has 1 aromatic heterocycles. The van der Waals surface area contributed by atoms with E-state index >= 15 is 0 Å². The number of hydrogen-bond acceptors (Lipinski definition) is 3. The van der Waals surface area contributed by atoms with Crippen molar-refractivity contribution in [2.24, 2.45) is 5.92 Å². The first-order valence-corrected chi connectivity index (χ1v) is 7.80. The molecule has 20 heavy (non-hydrogen) atoms. The zero-order chi connectivity index (χ0) is 13.7. The molecule has 4 heteroatoms. The molecule has 1 saturated heterocycles. The van der Waals surface area contributed by atoms with Crippen molar-refractivity contribution in [3.05, 3.63) is 17.8 Å². The lowest BCUT2D eigenvalue weighted by molar-refractivity contribution is -0.118. The number of piperidine rings is 1. The number of rotatable bonds is 0.